The van der Waals surface area contributed by atoms with Gasteiger partial charge in [-0.2, -0.15) is 0 Å². The Hall–Kier alpha value is -1.59. The SMILES string of the molecule is O=C1C=CC(Nc2ccc(Br)cc2)C(Nc2ccc(Br)cc2)C1. The van der Waals surface area contributed by atoms with Crippen LogP contribution in [0.3, 0.4) is 0 Å². The number of anilines is 2. The molecule has 2 N–H and O–H groups in total. The van der Waals surface area contributed by atoms with Crippen molar-refractivity contribution in [2.45, 2.75) is 18.5 Å². The number of halogens is 2. The number of allylic oxidation sites excluding steroid dienone is 1. The van der Waals surface area contributed by atoms with Gasteiger partial charge in [0.25, 0.3) is 0 Å². The van der Waals surface area contributed by atoms with Crippen LogP contribution in [-0.4, -0.2) is 17.9 Å². The summed E-state index contributed by atoms with van der Waals surface area (Å²) in [5.74, 6) is 0.147. The molecule has 0 heterocycles. The summed E-state index contributed by atoms with van der Waals surface area (Å²) in [7, 11) is 0. The van der Waals surface area contributed by atoms with E-state index in [1.165, 1.54) is 0 Å². The third-order valence-corrected chi connectivity index (χ3v) is 4.78. The fourth-order valence-electron chi connectivity index (χ4n) is 2.55. The van der Waals surface area contributed by atoms with Gasteiger partial charge in [0.1, 0.15) is 0 Å². The van der Waals surface area contributed by atoms with E-state index >= 15 is 0 Å². The summed E-state index contributed by atoms with van der Waals surface area (Å²) in [4.78, 5) is 11.8. The Balaban J connectivity index is 1.75. The number of rotatable bonds is 4. The highest BCUT2D eigenvalue weighted by atomic mass is 79.9. The van der Waals surface area contributed by atoms with E-state index in [0.29, 0.717) is 6.42 Å². The Morgan fingerprint density at radius 2 is 1.35 bits per heavy atom. The average molecular weight is 436 g/mol. The first kappa shape index (κ1) is 16.3. The summed E-state index contributed by atoms with van der Waals surface area (Å²) < 4.78 is 2.08. The quantitative estimate of drug-likeness (QED) is 0.709. The molecule has 2 aromatic rings. The summed E-state index contributed by atoms with van der Waals surface area (Å²) in [6.45, 7) is 0. The van der Waals surface area contributed by atoms with E-state index in [0.717, 1.165) is 20.3 Å². The van der Waals surface area contributed by atoms with E-state index in [9.17, 15) is 4.79 Å². The third-order valence-electron chi connectivity index (χ3n) is 3.72. The highest BCUT2D eigenvalue weighted by Gasteiger charge is 2.25. The van der Waals surface area contributed by atoms with Crippen molar-refractivity contribution in [1.29, 1.82) is 0 Å². The summed E-state index contributed by atoms with van der Waals surface area (Å²) in [6, 6.07) is 16.1. The Morgan fingerprint density at radius 3 is 1.91 bits per heavy atom. The van der Waals surface area contributed by atoms with Crippen molar-refractivity contribution in [2.24, 2.45) is 0 Å². The maximum absolute atomic E-state index is 11.8. The molecule has 0 aliphatic heterocycles. The van der Waals surface area contributed by atoms with Crippen molar-refractivity contribution in [3.63, 3.8) is 0 Å². The van der Waals surface area contributed by atoms with Crippen molar-refractivity contribution < 1.29 is 4.79 Å². The average Bonchev–Trinajstić information content (AvgIpc) is 2.54. The molecule has 23 heavy (non-hydrogen) atoms. The zero-order valence-electron chi connectivity index (χ0n) is 12.3. The zero-order chi connectivity index (χ0) is 16.2. The molecule has 5 heteroatoms. The molecule has 1 aliphatic rings. The molecule has 1 aliphatic carbocycles. The molecule has 0 amide bonds. The maximum atomic E-state index is 11.8. The van der Waals surface area contributed by atoms with Gasteiger partial charge in [-0.15, -0.1) is 0 Å². The Labute approximate surface area is 152 Å². The van der Waals surface area contributed by atoms with Crippen LogP contribution in [0.1, 0.15) is 6.42 Å². The lowest BCUT2D eigenvalue weighted by molar-refractivity contribution is -0.115. The number of hydrogen-bond donors (Lipinski definition) is 2. The molecule has 3 nitrogen and oxygen atoms in total. The standard InChI is InChI=1S/C18H16Br2N2O/c19-12-1-5-14(6-2-12)21-17-10-9-16(23)11-18(17)22-15-7-3-13(20)4-8-15/h1-10,17-18,21-22H,11H2. The van der Waals surface area contributed by atoms with Gasteiger partial charge in [0.2, 0.25) is 0 Å². The molecule has 3 rings (SSSR count). The predicted molar refractivity (Wildman–Crippen MR) is 102 cm³/mol. The van der Waals surface area contributed by atoms with Crippen LogP contribution < -0.4 is 10.6 Å². The van der Waals surface area contributed by atoms with Crippen molar-refractivity contribution in [3.8, 4) is 0 Å². The van der Waals surface area contributed by atoms with E-state index < -0.39 is 0 Å². The minimum absolute atomic E-state index is 0.0114. The zero-order valence-corrected chi connectivity index (χ0v) is 15.5. The minimum atomic E-state index is 0.0114. The molecule has 0 bridgehead atoms. The van der Waals surface area contributed by atoms with Crippen LogP contribution in [0, 0.1) is 0 Å². The van der Waals surface area contributed by atoms with Gasteiger partial charge in [0, 0.05) is 26.7 Å². The molecule has 2 unspecified atom stereocenters. The fourth-order valence-corrected chi connectivity index (χ4v) is 3.07. The number of hydrogen-bond acceptors (Lipinski definition) is 3. The van der Waals surface area contributed by atoms with Gasteiger partial charge < -0.3 is 10.6 Å². The monoisotopic (exact) mass is 434 g/mol. The van der Waals surface area contributed by atoms with Gasteiger partial charge >= 0.3 is 0 Å². The molecule has 0 spiro atoms. The van der Waals surface area contributed by atoms with Crippen LogP contribution in [0.5, 0.6) is 0 Å². The molecule has 118 valence electrons. The van der Waals surface area contributed by atoms with Gasteiger partial charge in [0.05, 0.1) is 12.1 Å². The maximum Gasteiger partial charge on any atom is 0.157 e. The van der Waals surface area contributed by atoms with E-state index in [1.54, 1.807) is 6.08 Å². The molecule has 0 saturated heterocycles. The molecule has 0 radical (unpaired) electrons. The largest absolute Gasteiger partial charge is 0.379 e. The summed E-state index contributed by atoms with van der Waals surface area (Å²) >= 11 is 6.87. The van der Waals surface area contributed by atoms with Crippen molar-refractivity contribution in [3.05, 3.63) is 69.6 Å². The van der Waals surface area contributed by atoms with Crippen LogP contribution >= 0.6 is 31.9 Å². The third kappa shape index (κ3) is 4.45. The highest BCUT2D eigenvalue weighted by Crippen LogP contribution is 2.22. The van der Waals surface area contributed by atoms with Gasteiger partial charge in [0.15, 0.2) is 5.78 Å². The second-order valence-electron chi connectivity index (χ2n) is 5.46. The molecule has 0 fully saturated rings. The minimum Gasteiger partial charge on any atom is -0.379 e. The second-order valence-corrected chi connectivity index (χ2v) is 7.30. The van der Waals surface area contributed by atoms with Crippen LogP contribution in [0.4, 0.5) is 11.4 Å². The summed E-state index contributed by atoms with van der Waals surface area (Å²) in [6.07, 6.45) is 4.07. The van der Waals surface area contributed by atoms with E-state index in [1.807, 2.05) is 54.6 Å². The number of ketones is 1. The van der Waals surface area contributed by atoms with E-state index in [4.69, 9.17) is 0 Å². The first-order valence-corrected chi connectivity index (χ1v) is 8.94. The molecular weight excluding hydrogens is 420 g/mol. The lowest BCUT2D eigenvalue weighted by atomic mass is 9.95. The Morgan fingerprint density at radius 1 is 0.826 bits per heavy atom. The van der Waals surface area contributed by atoms with Gasteiger partial charge in [-0.05, 0) is 54.6 Å². The van der Waals surface area contributed by atoms with Crippen LogP contribution in [0.2, 0.25) is 0 Å². The van der Waals surface area contributed by atoms with Crippen molar-refractivity contribution in [2.75, 3.05) is 10.6 Å². The van der Waals surface area contributed by atoms with Crippen molar-refractivity contribution >= 4 is 49.0 Å². The van der Waals surface area contributed by atoms with Gasteiger partial charge in [-0.1, -0.05) is 37.9 Å². The normalized spacial score (nSPS) is 20.3. The Kier molecular flexibility index (Phi) is 5.18. The first-order chi connectivity index (χ1) is 11.1. The van der Waals surface area contributed by atoms with E-state index in [2.05, 4.69) is 42.5 Å². The van der Waals surface area contributed by atoms with Crippen LogP contribution in [-0.2, 0) is 4.79 Å². The predicted octanol–water partition coefficient (Wildman–Crippen LogP) is 5.00. The smallest absolute Gasteiger partial charge is 0.157 e. The molecule has 2 atom stereocenters. The molecule has 0 aromatic heterocycles. The topological polar surface area (TPSA) is 41.1 Å². The fraction of sp³-hybridized carbons (Fsp3) is 0.167. The van der Waals surface area contributed by atoms with Gasteiger partial charge in [-0.3, -0.25) is 4.79 Å². The molecular formula is C18H16Br2N2O. The Bertz CT molecular complexity index is 711. The summed E-state index contributed by atoms with van der Waals surface area (Å²) in [5.41, 5.74) is 2.03. The van der Waals surface area contributed by atoms with Crippen LogP contribution in [0.25, 0.3) is 0 Å². The first-order valence-electron chi connectivity index (χ1n) is 7.35. The molecule has 2 aromatic carbocycles. The second kappa shape index (κ2) is 7.32. The summed E-state index contributed by atoms with van der Waals surface area (Å²) in [5, 5.41) is 6.93. The number of nitrogens with one attached hydrogen (secondary N) is 2. The number of carbonyl (C=O) groups excluding carboxylic acids is 1. The lowest BCUT2D eigenvalue weighted by Gasteiger charge is -2.30. The van der Waals surface area contributed by atoms with Crippen molar-refractivity contribution in [1.82, 2.24) is 0 Å². The van der Waals surface area contributed by atoms with E-state index in [-0.39, 0.29) is 17.9 Å². The lowest BCUT2D eigenvalue weighted by Crippen LogP contribution is -2.41. The number of benzene rings is 2. The van der Waals surface area contributed by atoms with Gasteiger partial charge in [-0.25, -0.2) is 0 Å². The number of carbonyl (C=O) groups is 1. The molecule has 0 saturated carbocycles. The van der Waals surface area contributed by atoms with Crippen LogP contribution in [0.15, 0.2) is 69.6 Å². The highest BCUT2D eigenvalue weighted by molar-refractivity contribution is 9.10.